The number of nitrogens with one attached hydrogen (secondary N) is 1. The molecule has 0 aliphatic carbocycles. The Morgan fingerprint density at radius 2 is 1.60 bits per heavy atom. The van der Waals surface area contributed by atoms with Crippen LogP contribution in [0.2, 0.25) is 0 Å². The maximum Gasteiger partial charge on any atom is 0.426 e. The summed E-state index contributed by atoms with van der Waals surface area (Å²) >= 11 is 3.20. The van der Waals surface area contributed by atoms with Gasteiger partial charge in [0.15, 0.2) is 0 Å². The molecule has 0 aliphatic rings. The zero-order valence-corrected chi connectivity index (χ0v) is 12.5. The second-order valence-electron chi connectivity index (χ2n) is 3.76. The largest absolute Gasteiger partial charge is 0.426 e. The van der Waals surface area contributed by atoms with Gasteiger partial charge in [0.1, 0.15) is 5.75 Å². The van der Waals surface area contributed by atoms with Crippen molar-refractivity contribution >= 4 is 32.0 Å². The molecule has 0 aromatic heterocycles. The molecule has 2 rings (SSSR count). The van der Waals surface area contributed by atoms with E-state index < -0.39 is 16.1 Å². The van der Waals surface area contributed by atoms with Gasteiger partial charge in [-0.25, -0.2) is 17.9 Å². The number of ether oxygens (including phenoxy) is 1. The molecule has 0 unspecified atom stereocenters. The average Bonchev–Trinajstić information content (AvgIpc) is 2.39. The predicted octanol–water partition coefficient (Wildman–Crippen LogP) is 2.93. The van der Waals surface area contributed by atoms with Crippen molar-refractivity contribution in [1.29, 1.82) is 0 Å². The molecule has 1 N–H and O–H groups in total. The van der Waals surface area contributed by atoms with Crippen LogP contribution in [0.15, 0.2) is 64.0 Å². The van der Waals surface area contributed by atoms with E-state index in [1.165, 1.54) is 12.1 Å². The molecule has 0 radical (unpaired) electrons. The van der Waals surface area contributed by atoms with Gasteiger partial charge in [-0.1, -0.05) is 34.1 Å². The van der Waals surface area contributed by atoms with Gasteiger partial charge in [-0.15, -0.1) is 0 Å². The van der Waals surface area contributed by atoms with Gasteiger partial charge in [0.2, 0.25) is 0 Å². The van der Waals surface area contributed by atoms with Crippen LogP contribution in [0.3, 0.4) is 0 Å². The van der Waals surface area contributed by atoms with Gasteiger partial charge < -0.3 is 4.74 Å². The lowest BCUT2D eigenvalue weighted by Gasteiger charge is -2.07. The molecule has 104 valence electrons. The van der Waals surface area contributed by atoms with Crippen molar-refractivity contribution in [2.45, 2.75) is 4.90 Å². The van der Waals surface area contributed by atoms with Crippen LogP contribution in [0.4, 0.5) is 4.79 Å². The molecule has 2 aromatic rings. The number of hydrogen-bond donors (Lipinski definition) is 1. The minimum atomic E-state index is -3.94. The minimum absolute atomic E-state index is 0.0225. The van der Waals surface area contributed by atoms with Crippen molar-refractivity contribution in [2.75, 3.05) is 0 Å². The van der Waals surface area contributed by atoms with Gasteiger partial charge in [-0.3, -0.25) is 0 Å². The second kappa shape index (κ2) is 6.06. The molecular formula is C13H10BrNO4S. The zero-order valence-electron chi connectivity index (χ0n) is 10.1. The number of carbonyl (C=O) groups is 1. The topological polar surface area (TPSA) is 72.5 Å². The molecule has 0 saturated carbocycles. The fourth-order valence-corrected chi connectivity index (χ4v) is 2.54. The van der Waals surface area contributed by atoms with Gasteiger partial charge >= 0.3 is 6.09 Å². The van der Waals surface area contributed by atoms with E-state index in [9.17, 15) is 13.2 Å². The van der Waals surface area contributed by atoms with E-state index in [-0.39, 0.29) is 10.6 Å². The van der Waals surface area contributed by atoms with E-state index in [4.69, 9.17) is 4.74 Å². The number of hydrogen-bond acceptors (Lipinski definition) is 4. The van der Waals surface area contributed by atoms with Crippen molar-refractivity contribution in [2.24, 2.45) is 0 Å². The maximum atomic E-state index is 11.9. The van der Waals surface area contributed by atoms with Crippen LogP contribution in [0.5, 0.6) is 5.75 Å². The Balaban J connectivity index is 2.08. The summed E-state index contributed by atoms with van der Waals surface area (Å²) in [5.74, 6) is 0.260. The Morgan fingerprint density at radius 1 is 1.00 bits per heavy atom. The van der Waals surface area contributed by atoms with Crippen molar-refractivity contribution in [3.8, 4) is 5.75 Å². The van der Waals surface area contributed by atoms with Crippen molar-refractivity contribution in [1.82, 2.24) is 4.72 Å². The van der Waals surface area contributed by atoms with E-state index >= 15 is 0 Å². The first-order valence-corrected chi connectivity index (χ1v) is 7.80. The molecule has 2 aromatic carbocycles. The van der Waals surface area contributed by atoms with Gasteiger partial charge in [-0.05, 0) is 36.4 Å². The molecule has 0 fully saturated rings. The Morgan fingerprint density at radius 3 is 2.20 bits per heavy atom. The molecule has 0 atom stereocenters. The normalized spacial score (nSPS) is 10.8. The quantitative estimate of drug-likeness (QED) is 0.918. The van der Waals surface area contributed by atoms with Gasteiger partial charge in [-0.2, -0.15) is 0 Å². The van der Waals surface area contributed by atoms with E-state index in [2.05, 4.69) is 15.9 Å². The van der Waals surface area contributed by atoms with Crippen LogP contribution < -0.4 is 9.46 Å². The molecule has 0 aliphatic heterocycles. The van der Waals surface area contributed by atoms with Crippen LogP contribution in [-0.2, 0) is 10.0 Å². The number of halogens is 1. The Labute approximate surface area is 124 Å². The van der Waals surface area contributed by atoms with E-state index in [1.54, 1.807) is 42.5 Å². The Kier molecular flexibility index (Phi) is 4.41. The predicted molar refractivity (Wildman–Crippen MR) is 76.9 cm³/mol. The van der Waals surface area contributed by atoms with E-state index in [1.807, 2.05) is 4.72 Å². The Bertz CT molecular complexity index is 699. The number of amides is 1. The first-order chi connectivity index (χ1) is 9.47. The van der Waals surface area contributed by atoms with E-state index in [0.29, 0.717) is 0 Å². The fourth-order valence-electron chi connectivity index (χ4n) is 1.40. The third kappa shape index (κ3) is 3.82. The lowest BCUT2D eigenvalue weighted by molar-refractivity contribution is 0.207. The summed E-state index contributed by atoms with van der Waals surface area (Å²) in [4.78, 5) is 11.5. The third-order valence-corrected chi connectivity index (χ3v) is 4.15. The fraction of sp³-hybridized carbons (Fsp3) is 0. The summed E-state index contributed by atoms with van der Waals surface area (Å²) in [5.41, 5.74) is 0. The van der Waals surface area contributed by atoms with Crippen LogP contribution >= 0.6 is 15.9 Å². The van der Waals surface area contributed by atoms with Gasteiger partial charge in [0.25, 0.3) is 10.0 Å². The number of rotatable bonds is 3. The molecule has 0 saturated heterocycles. The number of sulfonamides is 1. The maximum absolute atomic E-state index is 11.9. The van der Waals surface area contributed by atoms with Crippen LogP contribution in [0, 0.1) is 0 Å². The minimum Gasteiger partial charge on any atom is -0.410 e. The standard InChI is InChI=1S/C13H10BrNO4S/c14-10-6-8-12(9-7-10)20(17,18)15-13(16)19-11-4-2-1-3-5-11/h1-9H,(H,15,16). The van der Waals surface area contributed by atoms with Crippen molar-refractivity contribution in [3.63, 3.8) is 0 Å². The smallest absolute Gasteiger partial charge is 0.410 e. The molecule has 5 nitrogen and oxygen atoms in total. The van der Waals surface area contributed by atoms with Crippen LogP contribution in [0.25, 0.3) is 0 Å². The van der Waals surface area contributed by atoms with Crippen LogP contribution in [-0.4, -0.2) is 14.5 Å². The number of para-hydroxylation sites is 1. The number of carbonyl (C=O) groups excluding carboxylic acids is 1. The third-order valence-electron chi connectivity index (χ3n) is 2.30. The van der Waals surface area contributed by atoms with Gasteiger partial charge in [0, 0.05) is 4.47 Å². The van der Waals surface area contributed by atoms with Gasteiger partial charge in [0.05, 0.1) is 4.90 Å². The average molecular weight is 356 g/mol. The SMILES string of the molecule is O=C(NS(=O)(=O)c1ccc(Br)cc1)Oc1ccccc1. The van der Waals surface area contributed by atoms with E-state index in [0.717, 1.165) is 4.47 Å². The summed E-state index contributed by atoms with van der Waals surface area (Å²) < 4.78 is 31.3. The highest BCUT2D eigenvalue weighted by molar-refractivity contribution is 9.10. The zero-order chi connectivity index (χ0) is 14.6. The lowest BCUT2D eigenvalue weighted by Crippen LogP contribution is -2.32. The summed E-state index contributed by atoms with van der Waals surface area (Å²) in [7, 11) is -3.94. The molecule has 20 heavy (non-hydrogen) atoms. The molecule has 7 heteroatoms. The van der Waals surface area contributed by atoms with Crippen LogP contribution in [0.1, 0.15) is 0 Å². The molecule has 0 heterocycles. The highest BCUT2D eigenvalue weighted by Gasteiger charge is 2.18. The number of benzene rings is 2. The highest BCUT2D eigenvalue weighted by atomic mass is 79.9. The van der Waals surface area contributed by atoms with Crippen molar-refractivity contribution < 1.29 is 17.9 Å². The monoisotopic (exact) mass is 355 g/mol. The molecule has 1 amide bonds. The first-order valence-electron chi connectivity index (χ1n) is 5.52. The summed E-state index contributed by atoms with van der Waals surface area (Å²) in [6.45, 7) is 0. The molecule has 0 bridgehead atoms. The summed E-state index contributed by atoms with van der Waals surface area (Å²) in [6, 6.07) is 14.1. The first kappa shape index (κ1) is 14.5. The summed E-state index contributed by atoms with van der Waals surface area (Å²) in [6.07, 6.45) is -1.06. The van der Waals surface area contributed by atoms with Crippen molar-refractivity contribution in [3.05, 3.63) is 59.1 Å². The molecular weight excluding hydrogens is 346 g/mol. The Hall–Kier alpha value is -1.86. The second-order valence-corrected chi connectivity index (χ2v) is 6.36. The summed E-state index contributed by atoms with van der Waals surface area (Å²) in [5, 5.41) is 0. The highest BCUT2D eigenvalue weighted by Crippen LogP contribution is 2.15. The lowest BCUT2D eigenvalue weighted by atomic mass is 10.3. The molecule has 0 spiro atoms.